The van der Waals surface area contributed by atoms with Crippen molar-refractivity contribution in [2.45, 2.75) is 0 Å². The first kappa shape index (κ1) is 20.8. The Morgan fingerprint density at radius 1 is 0.871 bits per heavy atom. The summed E-state index contributed by atoms with van der Waals surface area (Å²) in [5.41, 5.74) is 3.05. The summed E-state index contributed by atoms with van der Waals surface area (Å²) in [4.78, 5) is 40.6. The molecule has 0 saturated carbocycles. The molecular formula is C23H24N4O4. The van der Waals surface area contributed by atoms with Crippen LogP contribution in [0.4, 0.5) is 11.4 Å². The maximum Gasteiger partial charge on any atom is 0.259 e. The van der Waals surface area contributed by atoms with Gasteiger partial charge in [-0.2, -0.15) is 0 Å². The van der Waals surface area contributed by atoms with E-state index in [1.807, 2.05) is 17.0 Å². The normalized spacial score (nSPS) is 16.2. The lowest BCUT2D eigenvalue weighted by Crippen LogP contribution is -2.41. The Labute approximate surface area is 180 Å². The highest BCUT2D eigenvalue weighted by atomic mass is 16.5. The van der Waals surface area contributed by atoms with Crippen LogP contribution in [-0.2, 0) is 14.3 Å². The molecule has 8 heteroatoms. The second-order valence-corrected chi connectivity index (χ2v) is 7.45. The van der Waals surface area contributed by atoms with E-state index in [0.717, 1.165) is 18.7 Å². The minimum absolute atomic E-state index is 0.0932. The van der Waals surface area contributed by atoms with Crippen molar-refractivity contribution in [3.63, 3.8) is 0 Å². The van der Waals surface area contributed by atoms with Gasteiger partial charge in [0.2, 0.25) is 11.8 Å². The van der Waals surface area contributed by atoms with Crippen LogP contribution >= 0.6 is 0 Å². The number of amides is 3. The van der Waals surface area contributed by atoms with Crippen LogP contribution in [0.5, 0.6) is 0 Å². The number of nitrogens with one attached hydrogen (secondary N) is 2. The summed E-state index contributed by atoms with van der Waals surface area (Å²) in [5.74, 6) is -0.648. The van der Waals surface area contributed by atoms with Crippen LogP contribution in [0.1, 0.15) is 15.9 Å². The molecule has 0 atom stereocenters. The molecule has 2 aliphatic heterocycles. The first-order valence-corrected chi connectivity index (χ1v) is 10.1. The van der Waals surface area contributed by atoms with E-state index in [0.29, 0.717) is 42.4 Å². The fourth-order valence-corrected chi connectivity index (χ4v) is 3.65. The van der Waals surface area contributed by atoms with Gasteiger partial charge in [-0.1, -0.05) is 24.8 Å². The van der Waals surface area contributed by atoms with Gasteiger partial charge in [-0.05, 0) is 30.3 Å². The second-order valence-electron chi connectivity index (χ2n) is 7.45. The molecule has 1 saturated heterocycles. The van der Waals surface area contributed by atoms with Crippen molar-refractivity contribution in [3.05, 3.63) is 66.2 Å². The average molecular weight is 420 g/mol. The van der Waals surface area contributed by atoms with Crippen molar-refractivity contribution in [2.24, 2.45) is 0 Å². The number of carbonyl (C=O) groups is 3. The molecule has 0 radical (unpaired) electrons. The number of carbonyl (C=O) groups excluding carboxylic acids is 3. The third kappa shape index (κ3) is 4.82. The van der Waals surface area contributed by atoms with Gasteiger partial charge >= 0.3 is 0 Å². The number of anilines is 2. The Bertz CT molecular complexity index is 977. The minimum Gasteiger partial charge on any atom is -0.379 e. The SMILES string of the molecule is C=C1c2ccccc2C(=O)N1CC(=O)Nc1ccc(NC(=O)CN2CCOCC2)cc1. The fourth-order valence-electron chi connectivity index (χ4n) is 3.65. The van der Waals surface area contributed by atoms with Crippen LogP contribution < -0.4 is 10.6 Å². The van der Waals surface area contributed by atoms with E-state index in [9.17, 15) is 14.4 Å². The predicted octanol–water partition coefficient (Wildman–Crippen LogP) is 2.02. The van der Waals surface area contributed by atoms with Crippen LogP contribution in [0.15, 0.2) is 55.1 Å². The van der Waals surface area contributed by atoms with Crippen molar-refractivity contribution in [1.29, 1.82) is 0 Å². The first-order valence-electron chi connectivity index (χ1n) is 10.1. The molecule has 2 aromatic rings. The molecule has 3 amide bonds. The number of hydrogen-bond donors (Lipinski definition) is 2. The molecule has 160 valence electrons. The zero-order chi connectivity index (χ0) is 21.8. The van der Waals surface area contributed by atoms with Crippen molar-refractivity contribution in [2.75, 3.05) is 50.0 Å². The van der Waals surface area contributed by atoms with E-state index in [4.69, 9.17) is 4.74 Å². The molecule has 0 aromatic heterocycles. The highest BCUT2D eigenvalue weighted by Gasteiger charge is 2.31. The van der Waals surface area contributed by atoms with Gasteiger partial charge in [-0.3, -0.25) is 24.2 Å². The zero-order valence-electron chi connectivity index (χ0n) is 17.1. The largest absolute Gasteiger partial charge is 0.379 e. The quantitative estimate of drug-likeness (QED) is 0.746. The predicted molar refractivity (Wildman–Crippen MR) is 117 cm³/mol. The van der Waals surface area contributed by atoms with E-state index < -0.39 is 0 Å². The zero-order valence-corrected chi connectivity index (χ0v) is 17.1. The van der Waals surface area contributed by atoms with Gasteiger partial charge in [0.1, 0.15) is 6.54 Å². The van der Waals surface area contributed by atoms with Crippen molar-refractivity contribution in [3.8, 4) is 0 Å². The monoisotopic (exact) mass is 420 g/mol. The number of hydrogen-bond acceptors (Lipinski definition) is 5. The molecule has 2 aliphatic rings. The van der Waals surface area contributed by atoms with Crippen LogP contribution in [0.2, 0.25) is 0 Å². The number of rotatable bonds is 6. The van der Waals surface area contributed by atoms with Gasteiger partial charge in [-0.15, -0.1) is 0 Å². The summed E-state index contributed by atoms with van der Waals surface area (Å²) < 4.78 is 5.28. The maximum absolute atomic E-state index is 12.5. The Hall–Kier alpha value is -3.49. The number of fused-ring (bicyclic) bond motifs is 1. The molecule has 31 heavy (non-hydrogen) atoms. The summed E-state index contributed by atoms with van der Waals surface area (Å²) in [7, 11) is 0. The first-order chi connectivity index (χ1) is 15.0. The highest BCUT2D eigenvalue weighted by molar-refractivity contribution is 6.11. The van der Waals surface area contributed by atoms with Crippen LogP contribution in [0, 0.1) is 0 Å². The molecule has 0 spiro atoms. The van der Waals surface area contributed by atoms with E-state index in [-0.39, 0.29) is 24.3 Å². The fraction of sp³-hybridized carbons (Fsp3) is 0.261. The highest BCUT2D eigenvalue weighted by Crippen LogP contribution is 2.30. The molecule has 2 heterocycles. The second kappa shape index (κ2) is 9.11. The van der Waals surface area contributed by atoms with Crippen molar-refractivity contribution < 1.29 is 19.1 Å². The molecule has 0 aliphatic carbocycles. The third-order valence-corrected chi connectivity index (χ3v) is 5.26. The van der Waals surface area contributed by atoms with Gasteiger partial charge in [0.05, 0.1) is 19.8 Å². The maximum atomic E-state index is 12.5. The molecule has 2 aromatic carbocycles. The van der Waals surface area contributed by atoms with E-state index in [2.05, 4.69) is 17.2 Å². The van der Waals surface area contributed by atoms with E-state index in [1.165, 1.54) is 4.90 Å². The molecular weight excluding hydrogens is 396 g/mol. The summed E-state index contributed by atoms with van der Waals surface area (Å²) in [6, 6.07) is 14.0. The van der Waals surface area contributed by atoms with Crippen LogP contribution in [0.25, 0.3) is 5.70 Å². The smallest absolute Gasteiger partial charge is 0.259 e. The number of benzene rings is 2. The van der Waals surface area contributed by atoms with E-state index in [1.54, 1.807) is 36.4 Å². The van der Waals surface area contributed by atoms with E-state index >= 15 is 0 Å². The molecule has 8 nitrogen and oxygen atoms in total. The van der Waals surface area contributed by atoms with Crippen molar-refractivity contribution in [1.82, 2.24) is 9.80 Å². The Balaban J connectivity index is 1.29. The third-order valence-electron chi connectivity index (χ3n) is 5.26. The standard InChI is InChI=1S/C23H24N4O4/c1-16-19-4-2-3-5-20(19)23(30)27(16)15-22(29)25-18-8-6-17(7-9-18)24-21(28)14-26-10-12-31-13-11-26/h2-9H,1,10-15H2,(H,24,28)(H,25,29). The van der Waals surface area contributed by atoms with Gasteiger partial charge in [0.25, 0.3) is 5.91 Å². The summed E-state index contributed by atoms with van der Waals surface area (Å²) >= 11 is 0. The summed E-state index contributed by atoms with van der Waals surface area (Å²) in [5, 5.41) is 5.63. The molecule has 0 unspecified atom stereocenters. The Morgan fingerprint density at radius 2 is 1.42 bits per heavy atom. The lowest BCUT2D eigenvalue weighted by molar-refractivity contribution is -0.118. The van der Waals surface area contributed by atoms with Crippen LogP contribution in [-0.4, -0.2) is 66.9 Å². The number of nitrogens with zero attached hydrogens (tertiary/aromatic N) is 2. The lowest BCUT2D eigenvalue weighted by Gasteiger charge is -2.25. The van der Waals surface area contributed by atoms with Gasteiger partial charge < -0.3 is 15.4 Å². The van der Waals surface area contributed by atoms with Crippen LogP contribution in [0.3, 0.4) is 0 Å². The summed E-state index contributed by atoms with van der Waals surface area (Å²) in [6.45, 7) is 6.92. The molecule has 0 bridgehead atoms. The Morgan fingerprint density at radius 3 is 2.00 bits per heavy atom. The van der Waals surface area contributed by atoms with Gasteiger partial charge in [0.15, 0.2) is 0 Å². The summed E-state index contributed by atoms with van der Waals surface area (Å²) in [6.07, 6.45) is 0. The Kier molecular flexibility index (Phi) is 6.11. The number of morpholine rings is 1. The molecule has 4 rings (SSSR count). The minimum atomic E-state index is -0.327. The average Bonchev–Trinajstić information content (AvgIpc) is 3.01. The topological polar surface area (TPSA) is 91.0 Å². The van der Waals surface area contributed by atoms with Gasteiger partial charge in [0, 0.05) is 41.3 Å². The molecule has 1 fully saturated rings. The van der Waals surface area contributed by atoms with Gasteiger partial charge in [-0.25, -0.2) is 0 Å². The number of ether oxygens (including phenoxy) is 1. The molecule has 2 N–H and O–H groups in total. The van der Waals surface area contributed by atoms with Crippen molar-refractivity contribution >= 4 is 34.8 Å². The lowest BCUT2D eigenvalue weighted by atomic mass is 10.1.